The maximum atomic E-state index is 12.4. The highest BCUT2D eigenvalue weighted by Crippen LogP contribution is 2.20. The van der Waals surface area contributed by atoms with Gasteiger partial charge < -0.3 is 10.1 Å². The van der Waals surface area contributed by atoms with Crippen molar-refractivity contribution in [2.45, 2.75) is 32.4 Å². The summed E-state index contributed by atoms with van der Waals surface area (Å²) in [5.41, 5.74) is 1.32. The van der Waals surface area contributed by atoms with E-state index in [1.54, 1.807) is 31.4 Å². The van der Waals surface area contributed by atoms with E-state index in [1.807, 2.05) is 31.2 Å². The van der Waals surface area contributed by atoms with E-state index in [0.717, 1.165) is 17.7 Å². The second-order valence-electron chi connectivity index (χ2n) is 6.19. The predicted molar refractivity (Wildman–Crippen MR) is 103 cm³/mol. The zero-order valence-corrected chi connectivity index (χ0v) is 15.4. The molecule has 140 valence electrons. The van der Waals surface area contributed by atoms with Crippen LogP contribution in [0.5, 0.6) is 5.75 Å². The summed E-state index contributed by atoms with van der Waals surface area (Å²) in [5.74, 6) is 0.633. The van der Waals surface area contributed by atoms with E-state index in [2.05, 4.69) is 15.6 Å². The van der Waals surface area contributed by atoms with Crippen molar-refractivity contribution >= 4 is 16.8 Å². The Kier molecular flexibility index (Phi) is 5.80. The summed E-state index contributed by atoms with van der Waals surface area (Å²) in [6.07, 6.45) is 0.910. The standard InChI is InChI=1S/C20H22N4O3/c1-3-17(14-8-10-15(27-2)11-9-14)21-19(25)12-13-24-20(26)16-6-4-5-7-18(16)22-23-24/h4-11,17H,3,12-13H2,1-2H3,(H,21,25)/t17-/m0/s1. The summed E-state index contributed by atoms with van der Waals surface area (Å²) in [6.45, 7) is 2.19. The molecular formula is C20H22N4O3. The molecule has 0 radical (unpaired) electrons. The van der Waals surface area contributed by atoms with E-state index in [0.29, 0.717) is 10.9 Å². The molecule has 1 aromatic heterocycles. The lowest BCUT2D eigenvalue weighted by Crippen LogP contribution is -2.31. The molecule has 27 heavy (non-hydrogen) atoms. The molecule has 0 fully saturated rings. The Labute approximate surface area is 157 Å². The van der Waals surface area contributed by atoms with Crippen molar-refractivity contribution in [3.05, 3.63) is 64.4 Å². The molecule has 0 spiro atoms. The minimum atomic E-state index is -0.240. The van der Waals surface area contributed by atoms with Gasteiger partial charge in [0.15, 0.2) is 0 Å². The van der Waals surface area contributed by atoms with Crippen molar-refractivity contribution in [2.75, 3.05) is 7.11 Å². The maximum Gasteiger partial charge on any atom is 0.277 e. The molecule has 0 bridgehead atoms. The molecule has 1 amide bonds. The van der Waals surface area contributed by atoms with Crippen molar-refractivity contribution in [3.63, 3.8) is 0 Å². The number of carbonyl (C=O) groups is 1. The molecule has 0 aliphatic rings. The number of benzene rings is 2. The Morgan fingerprint density at radius 1 is 1.19 bits per heavy atom. The van der Waals surface area contributed by atoms with E-state index in [4.69, 9.17) is 4.74 Å². The minimum Gasteiger partial charge on any atom is -0.497 e. The number of amides is 1. The summed E-state index contributed by atoms with van der Waals surface area (Å²) < 4.78 is 6.39. The maximum absolute atomic E-state index is 12.4. The number of hydrogen-bond acceptors (Lipinski definition) is 5. The SMILES string of the molecule is CC[C@H](NC(=O)CCn1nnc2ccccc2c1=O)c1ccc(OC)cc1. The molecule has 0 saturated heterocycles. The van der Waals surface area contributed by atoms with Crippen LogP contribution in [0, 0.1) is 0 Å². The van der Waals surface area contributed by atoms with Gasteiger partial charge in [-0.25, -0.2) is 4.68 Å². The van der Waals surface area contributed by atoms with Crippen molar-refractivity contribution in [1.82, 2.24) is 20.3 Å². The molecule has 0 aliphatic carbocycles. The molecule has 1 atom stereocenters. The molecular weight excluding hydrogens is 344 g/mol. The molecule has 7 heteroatoms. The fourth-order valence-corrected chi connectivity index (χ4v) is 2.90. The van der Waals surface area contributed by atoms with Crippen molar-refractivity contribution in [3.8, 4) is 5.75 Å². The molecule has 3 rings (SSSR count). The van der Waals surface area contributed by atoms with Gasteiger partial charge in [0.05, 0.1) is 25.1 Å². The number of methoxy groups -OCH3 is 1. The van der Waals surface area contributed by atoms with Gasteiger partial charge in [0, 0.05) is 6.42 Å². The first kappa shape index (κ1) is 18.6. The first-order chi connectivity index (χ1) is 13.1. The molecule has 0 saturated carbocycles. The van der Waals surface area contributed by atoms with Crippen molar-refractivity contribution in [2.24, 2.45) is 0 Å². The third-order valence-corrected chi connectivity index (χ3v) is 4.44. The summed E-state index contributed by atoms with van der Waals surface area (Å²) in [4.78, 5) is 24.8. The average molecular weight is 366 g/mol. The first-order valence-electron chi connectivity index (χ1n) is 8.88. The van der Waals surface area contributed by atoms with Gasteiger partial charge in [-0.2, -0.15) is 0 Å². The number of carbonyl (C=O) groups excluding carboxylic acids is 1. The van der Waals surface area contributed by atoms with Crippen LogP contribution in [0.3, 0.4) is 0 Å². The number of fused-ring (bicyclic) bond motifs is 1. The van der Waals surface area contributed by atoms with Gasteiger partial charge in [-0.15, -0.1) is 5.10 Å². The minimum absolute atomic E-state index is 0.0946. The number of nitrogens with zero attached hydrogens (tertiary/aromatic N) is 3. The van der Waals surface area contributed by atoms with Gasteiger partial charge in [-0.1, -0.05) is 36.4 Å². The Morgan fingerprint density at radius 2 is 1.93 bits per heavy atom. The highest BCUT2D eigenvalue weighted by Gasteiger charge is 2.14. The number of ether oxygens (including phenoxy) is 1. The number of aryl methyl sites for hydroxylation is 1. The molecule has 2 aromatic carbocycles. The molecule has 1 heterocycles. The lowest BCUT2D eigenvalue weighted by molar-refractivity contribution is -0.122. The van der Waals surface area contributed by atoms with Gasteiger partial charge in [-0.05, 0) is 36.2 Å². The first-order valence-corrected chi connectivity index (χ1v) is 8.88. The van der Waals surface area contributed by atoms with Gasteiger partial charge >= 0.3 is 0 Å². The number of nitrogens with one attached hydrogen (secondary N) is 1. The van der Waals surface area contributed by atoms with Crippen LogP contribution >= 0.6 is 0 Å². The third-order valence-electron chi connectivity index (χ3n) is 4.44. The zero-order valence-electron chi connectivity index (χ0n) is 15.4. The Balaban J connectivity index is 1.64. The van der Waals surface area contributed by atoms with Crippen LogP contribution in [0.4, 0.5) is 0 Å². The fraction of sp³-hybridized carbons (Fsp3) is 0.300. The summed E-state index contributed by atoms with van der Waals surface area (Å²) in [7, 11) is 1.62. The van der Waals surface area contributed by atoms with E-state index in [1.165, 1.54) is 4.68 Å². The Bertz CT molecular complexity index is 982. The highest BCUT2D eigenvalue weighted by molar-refractivity contribution is 5.77. The zero-order chi connectivity index (χ0) is 19.2. The second kappa shape index (κ2) is 8.44. The van der Waals surface area contributed by atoms with Crippen LogP contribution in [0.25, 0.3) is 10.9 Å². The van der Waals surface area contributed by atoms with Crippen LogP contribution < -0.4 is 15.6 Å². The van der Waals surface area contributed by atoms with Crippen molar-refractivity contribution < 1.29 is 9.53 Å². The quantitative estimate of drug-likeness (QED) is 0.694. The molecule has 7 nitrogen and oxygen atoms in total. The molecule has 1 N–H and O–H groups in total. The fourth-order valence-electron chi connectivity index (χ4n) is 2.90. The smallest absolute Gasteiger partial charge is 0.277 e. The van der Waals surface area contributed by atoms with Crippen molar-refractivity contribution in [1.29, 1.82) is 0 Å². The van der Waals surface area contributed by atoms with Gasteiger partial charge in [0.1, 0.15) is 11.3 Å². The van der Waals surface area contributed by atoms with Crippen LogP contribution in [0.2, 0.25) is 0 Å². The topological polar surface area (TPSA) is 86.1 Å². The van der Waals surface area contributed by atoms with Crippen LogP contribution in [-0.2, 0) is 11.3 Å². The highest BCUT2D eigenvalue weighted by atomic mass is 16.5. The molecule has 3 aromatic rings. The monoisotopic (exact) mass is 366 g/mol. The Morgan fingerprint density at radius 3 is 2.63 bits per heavy atom. The number of hydrogen-bond donors (Lipinski definition) is 1. The Hall–Kier alpha value is -3.22. The lowest BCUT2D eigenvalue weighted by Gasteiger charge is -2.18. The average Bonchev–Trinajstić information content (AvgIpc) is 2.72. The number of rotatable bonds is 7. The van der Waals surface area contributed by atoms with E-state index < -0.39 is 0 Å². The number of aromatic nitrogens is 3. The van der Waals surface area contributed by atoms with E-state index in [9.17, 15) is 9.59 Å². The van der Waals surface area contributed by atoms with Crippen LogP contribution in [0.1, 0.15) is 31.4 Å². The van der Waals surface area contributed by atoms with Crippen LogP contribution in [-0.4, -0.2) is 28.0 Å². The molecule has 0 aliphatic heterocycles. The summed E-state index contributed by atoms with van der Waals surface area (Å²) in [5, 5.41) is 11.4. The largest absolute Gasteiger partial charge is 0.497 e. The summed E-state index contributed by atoms with van der Waals surface area (Å²) in [6, 6.07) is 14.5. The summed E-state index contributed by atoms with van der Waals surface area (Å²) >= 11 is 0. The molecule has 0 unspecified atom stereocenters. The van der Waals surface area contributed by atoms with E-state index >= 15 is 0 Å². The second-order valence-corrected chi connectivity index (χ2v) is 6.19. The van der Waals surface area contributed by atoms with Crippen LogP contribution in [0.15, 0.2) is 53.3 Å². The predicted octanol–water partition coefficient (Wildman–Crippen LogP) is 2.46. The normalized spacial score (nSPS) is 11.9. The van der Waals surface area contributed by atoms with Gasteiger partial charge in [0.25, 0.3) is 5.56 Å². The third kappa shape index (κ3) is 4.31. The van der Waals surface area contributed by atoms with Gasteiger partial charge in [0.2, 0.25) is 5.91 Å². The van der Waals surface area contributed by atoms with Gasteiger partial charge in [-0.3, -0.25) is 9.59 Å². The van der Waals surface area contributed by atoms with E-state index in [-0.39, 0.29) is 30.5 Å². The lowest BCUT2D eigenvalue weighted by atomic mass is 10.0.